The van der Waals surface area contributed by atoms with Gasteiger partial charge in [0.2, 0.25) is 5.91 Å². The van der Waals surface area contributed by atoms with Gasteiger partial charge in [0.1, 0.15) is 0 Å². The van der Waals surface area contributed by atoms with Gasteiger partial charge in [0.15, 0.2) is 5.13 Å². The first-order valence-electron chi connectivity index (χ1n) is 7.54. The minimum Gasteiger partial charge on any atom is -0.378 e. The lowest BCUT2D eigenvalue weighted by Crippen LogP contribution is -2.29. The van der Waals surface area contributed by atoms with Crippen LogP contribution >= 0.6 is 11.3 Å². The van der Waals surface area contributed by atoms with Crippen LogP contribution in [0.4, 0.5) is 10.8 Å². The fraction of sp³-hybridized carbons (Fsp3) is 0.353. The number of aromatic nitrogens is 1. The Balaban J connectivity index is 1.89. The van der Waals surface area contributed by atoms with Gasteiger partial charge in [0.05, 0.1) is 35.5 Å². The molecule has 5 nitrogen and oxygen atoms in total. The Morgan fingerprint density at radius 2 is 2.26 bits per heavy atom. The number of ether oxygens (including phenoxy) is 1. The lowest BCUT2D eigenvalue weighted by atomic mass is 10.1. The highest BCUT2D eigenvalue weighted by Crippen LogP contribution is 2.30. The van der Waals surface area contributed by atoms with Crippen molar-refractivity contribution in [2.45, 2.75) is 32.3 Å². The summed E-state index contributed by atoms with van der Waals surface area (Å²) in [6.45, 7) is 2.63. The molecular weight excluding hydrogens is 310 g/mol. The number of anilines is 2. The summed E-state index contributed by atoms with van der Waals surface area (Å²) in [5.74, 6) is -0.0315. The Morgan fingerprint density at radius 1 is 1.48 bits per heavy atom. The minimum absolute atomic E-state index is 0.00978. The van der Waals surface area contributed by atoms with Crippen LogP contribution in [-0.4, -0.2) is 23.6 Å². The number of carbonyl (C=O) groups is 1. The van der Waals surface area contributed by atoms with E-state index in [4.69, 9.17) is 10.00 Å². The van der Waals surface area contributed by atoms with E-state index in [0.717, 1.165) is 30.8 Å². The zero-order valence-electron chi connectivity index (χ0n) is 12.9. The molecule has 1 amide bonds. The van der Waals surface area contributed by atoms with Crippen molar-refractivity contribution in [1.29, 1.82) is 5.26 Å². The Kier molecular flexibility index (Phi) is 4.70. The molecule has 0 spiro atoms. The number of hydrogen-bond acceptors (Lipinski definition) is 5. The van der Waals surface area contributed by atoms with E-state index in [-0.39, 0.29) is 12.0 Å². The number of aryl methyl sites for hydroxylation is 1. The molecule has 23 heavy (non-hydrogen) atoms. The average molecular weight is 327 g/mol. The normalized spacial score (nSPS) is 17.0. The molecule has 1 saturated heterocycles. The first-order chi connectivity index (χ1) is 11.2. The SMILES string of the molecule is Cc1csc(N(C(=O)C[C@@H]2CCCO2)c2ccc(C#N)cc2)n1. The topological polar surface area (TPSA) is 66.2 Å². The van der Waals surface area contributed by atoms with E-state index < -0.39 is 0 Å². The van der Waals surface area contributed by atoms with Gasteiger partial charge in [-0.25, -0.2) is 4.98 Å². The van der Waals surface area contributed by atoms with Crippen LogP contribution in [-0.2, 0) is 9.53 Å². The quantitative estimate of drug-likeness (QED) is 0.861. The van der Waals surface area contributed by atoms with E-state index in [0.29, 0.717) is 17.1 Å². The molecule has 0 saturated carbocycles. The van der Waals surface area contributed by atoms with Crippen LogP contribution in [0.25, 0.3) is 0 Å². The van der Waals surface area contributed by atoms with Gasteiger partial charge in [0.25, 0.3) is 0 Å². The van der Waals surface area contributed by atoms with Gasteiger partial charge in [-0.15, -0.1) is 11.3 Å². The second-order valence-corrected chi connectivity index (χ2v) is 6.33. The Hall–Kier alpha value is -2.23. The molecule has 1 aromatic carbocycles. The lowest BCUT2D eigenvalue weighted by molar-refractivity contribution is -0.120. The highest BCUT2D eigenvalue weighted by Gasteiger charge is 2.26. The maximum atomic E-state index is 12.8. The monoisotopic (exact) mass is 327 g/mol. The zero-order valence-corrected chi connectivity index (χ0v) is 13.7. The van der Waals surface area contributed by atoms with Crippen LogP contribution in [0.3, 0.4) is 0 Å². The number of rotatable bonds is 4. The Labute approximate surface area is 139 Å². The summed E-state index contributed by atoms with van der Waals surface area (Å²) in [5.41, 5.74) is 2.17. The smallest absolute Gasteiger partial charge is 0.235 e. The summed E-state index contributed by atoms with van der Waals surface area (Å²) in [5, 5.41) is 11.5. The van der Waals surface area contributed by atoms with Gasteiger partial charge >= 0.3 is 0 Å². The summed E-state index contributed by atoms with van der Waals surface area (Å²) in [6.07, 6.45) is 2.26. The number of hydrogen-bond donors (Lipinski definition) is 0. The largest absolute Gasteiger partial charge is 0.378 e. The summed E-state index contributed by atoms with van der Waals surface area (Å²) in [6, 6.07) is 9.07. The van der Waals surface area contributed by atoms with Gasteiger partial charge in [-0.05, 0) is 44.0 Å². The fourth-order valence-electron chi connectivity index (χ4n) is 2.58. The van der Waals surface area contributed by atoms with Gasteiger partial charge < -0.3 is 4.74 Å². The summed E-state index contributed by atoms with van der Waals surface area (Å²) >= 11 is 1.44. The Morgan fingerprint density at radius 3 is 2.83 bits per heavy atom. The predicted octanol–water partition coefficient (Wildman–Crippen LogP) is 3.56. The molecule has 1 aliphatic rings. The van der Waals surface area contributed by atoms with Crippen molar-refractivity contribution < 1.29 is 9.53 Å². The molecule has 0 aliphatic carbocycles. The van der Waals surface area contributed by atoms with E-state index in [1.807, 2.05) is 12.3 Å². The third kappa shape index (κ3) is 3.58. The van der Waals surface area contributed by atoms with E-state index in [9.17, 15) is 4.79 Å². The number of nitriles is 1. The molecule has 1 atom stereocenters. The molecule has 118 valence electrons. The lowest BCUT2D eigenvalue weighted by Gasteiger charge is -2.21. The molecule has 0 radical (unpaired) electrons. The summed E-state index contributed by atoms with van der Waals surface area (Å²) in [4.78, 5) is 18.9. The van der Waals surface area contributed by atoms with E-state index in [1.54, 1.807) is 29.2 Å². The second-order valence-electron chi connectivity index (χ2n) is 5.50. The highest BCUT2D eigenvalue weighted by atomic mass is 32.1. The van der Waals surface area contributed by atoms with Crippen molar-refractivity contribution in [3.05, 3.63) is 40.9 Å². The summed E-state index contributed by atoms with van der Waals surface area (Å²) < 4.78 is 5.58. The standard InChI is InChI=1S/C17H17N3O2S/c1-12-11-23-17(19-12)20(14-6-4-13(10-18)5-7-14)16(21)9-15-3-2-8-22-15/h4-7,11,15H,2-3,8-9H2,1H3/t15-/m0/s1. The minimum atomic E-state index is -0.0315. The predicted molar refractivity (Wildman–Crippen MR) is 88.7 cm³/mol. The van der Waals surface area contributed by atoms with Crippen LogP contribution < -0.4 is 4.90 Å². The van der Waals surface area contributed by atoms with Gasteiger partial charge in [0, 0.05) is 12.0 Å². The third-order valence-electron chi connectivity index (χ3n) is 3.73. The average Bonchev–Trinajstić information content (AvgIpc) is 3.20. The molecule has 0 bridgehead atoms. The number of thiazole rings is 1. The molecular formula is C17H17N3O2S. The van der Waals surface area contributed by atoms with Crippen LogP contribution in [0.2, 0.25) is 0 Å². The second kappa shape index (κ2) is 6.90. The number of amides is 1. The maximum Gasteiger partial charge on any atom is 0.235 e. The van der Waals surface area contributed by atoms with Crippen LogP contribution in [0.1, 0.15) is 30.5 Å². The molecule has 0 unspecified atom stereocenters. The first kappa shape index (κ1) is 15.7. The fourth-order valence-corrected chi connectivity index (χ4v) is 3.42. The van der Waals surface area contributed by atoms with Gasteiger partial charge in [-0.3, -0.25) is 9.69 Å². The van der Waals surface area contributed by atoms with E-state index in [2.05, 4.69) is 11.1 Å². The number of carbonyl (C=O) groups excluding carboxylic acids is 1. The third-order valence-corrected chi connectivity index (χ3v) is 4.67. The van der Waals surface area contributed by atoms with Gasteiger partial charge in [-0.2, -0.15) is 5.26 Å². The molecule has 1 aromatic heterocycles. The first-order valence-corrected chi connectivity index (χ1v) is 8.42. The van der Waals surface area contributed by atoms with Crippen molar-refractivity contribution >= 4 is 28.1 Å². The van der Waals surface area contributed by atoms with Crippen molar-refractivity contribution in [1.82, 2.24) is 4.98 Å². The molecule has 0 N–H and O–H groups in total. The molecule has 2 aromatic rings. The van der Waals surface area contributed by atoms with E-state index >= 15 is 0 Å². The summed E-state index contributed by atoms with van der Waals surface area (Å²) in [7, 11) is 0. The maximum absolute atomic E-state index is 12.8. The van der Waals surface area contributed by atoms with Crippen LogP contribution in [0, 0.1) is 18.3 Å². The van der Waals surface area contributed by atoms with Crippen LogP contribution in [0.5, 0.6) is 0 Å². The molecule has 6 heteroatoms. The van der Waals surface area contributed by atoms with Crippen molar-refractivity contribution in [2.24, 2.45) is 0 Å². The van der Waals surface area contributed by atoms with Gasteiger partial charge in [-0.1, -0.05) is 0 Å². The van der Waals surface area contributed by atoms with Crippen molar-refractivity contribution in [3.63, 3.8) is 0 Å². The van der Waals surface area contributed by atoms with Crippen LogP contribution in [0.15, 0.2) is 29.6 Å². The number of benzene rings is 1. The molecule has 1 aliphatic heterocycles. The molecule has 1 fully saturated rings. The van der Waals surface area contributed by atoms with Crippen molar-refractivity contribution in [3.8, 4) is 6.07 Å². The van der Waals surface area contributed by atoms with E-state index in [1.165, 1.54) is 11.3 Å². The number of nitrogens with zero attached hydrogens (tertiary/aromatic N) is 3. The van der Waals surface area contributed by atoms with Crippen molar-refractivity contribution in [2.75, 3.05) is 11.5 Å². The highest BCUT2D eigenvalue weighted by molar-refractivity contribution is 7.14. The molecule has 3 rings (SSSR count). The molecule has 2 heterocycles. The Bertz CT molecular complexity index is 727. The zero-order chi connectivity index (χ0) is 16.2.